The number of phenolic OH excluding ortho intramolecular Hbond substituents is 1. The number of aromatic hydroxyl groups is 1. The molecule has 0 heterocycles. The molecule has 0 saturated heterocycles. The summed E-state index contributed by atoms with van der Waals surface area (Å²) in [4.78, 5) is 24.3. The molecule has 7 nitrogen and oxygen atoms in total. The van der Waals surface area contributed by atoms with E-state index in [1.165, 1.54) is 17.0 Å². The molecule has 0 fully saturated rings. The van der Waals surface area contributed by atoms with Crippen LogP contribution in [0.15, 0.2) is 24.3 Å². The molecule has 1 aromatic rings. The van der Waals surface area contributed by atoms with E-state index < -0.39 is 18.2 Å². The van der Waals surface area contributed by atoms with E-state index in [2.05, 4.69) is 10.6 Å². The highest BCUT2D eigenvalue weighted by molar-refractivity contribution is 5.83. The van der Waals surface area contributed by atoms with Gasteiger partial charge in [0, 0.05) is 14.1 Å². The van der Waals surface area contributed by atoms with Crippen LogP contribution in [0.1, 0.15) is 18.6 Å². The predicted molar refractivity (Wildman–Crippen MR) is 77.8 cm³/mol. The Morgan fingerprint density at radius 2 is 1.81 bits per heavy atom. The van der Waals surface area contributed by atoms with Crippen LogP contribution in [0.5, 0.6) is 5.75 Å². The first-order chi connectivity index (χ1) is 9.81. The largest absolute Gasteiger partial charge is 0.508 e. The summed E-state index contributed by atoms with van der Waals surface area (Å²) in [5, 5.41) is 24.3. The van der Waals surface area contributed by atoms with Gasteiger partial charge < -0.3 is 25.7 Å². The van der Waals surface area contributed by atoms with Crippen molar-refractivity contribution in [2.45, 2.75) is 19.1 Å². The molecule has 2 atom stereocenters. The lowest BCUT2D eigenvalue weighted by Gasteiger charge is -2.21. The minimum absolute atomic E-state index is 0.103. The lowest BCUT2D eigenvalue weighted by Crippen LogP contribution is -2.46. The quantitative estimate of drug-likeness (QED) is 0.623. The van der Waals surface area contributed by atoms with Crippen LogP contribution in [0, 0.1) is 0 Å². The lowest BCUT2D eigenvalue weighted by molar-refractivity contribution is -0.127. The van der Waals surface area contributed by atoms with Gasteiger partial charge in [-0.25, -0.2) is 4.79 Å². The standard InChI is InChI=1S/C14H21N3O4/c1-9(13(20)10-4-6-11(18)7-5-10)16-14(21)15-8-12(19)17(2)3/h4-7,9,13,18,20H,8H2,1-3H3,(H2,15,16,21)/t9-,13-/m1/s1. The molecule has 0 radical (unpaired) electrons. The maximum atomic E-state index is 11.6. The zero-order valence-electron chi connectivity index (χ0n) is 12.3. The summed E-state index contributed by atoms with van der Waals surface area (Å²) in [6.07, 6.45) is -0.916. The average molecular weight is 295 g/mol. The second-order valence-corrected chi connectivity index (χ2v) is 4.94. The number of phenols is 1. The Hall–Kier alpha value is -2.28. The number of carbonyl (C=O) groups is 2. The maximum Gasteiger partial charge on any atom is 0.315 e. The van der Waals surface area contributed by atoms with Gasteiger partial charge in [-0.2, -0.15) is 0 Å². The molecule has 0 aliphatic carbocycles. The van der Waals surface area contributed by atoms with Gasteiger partial charge in [-0.15, -0.1) is 0 Å². The van der Waals surface area contributed by atoms with Crippen LogP contribution in [-0.2, 0) is 4.79 Å². The second kappa shape index (κ2) is 7.49. The summed E-state index contributed by atoms with van der Waals surface area (Å²) in [7, 11) is 3.19. The fraction of sp³-hybridized carbons (Fsp3) is 0.429. The van der Waals surface area contributed by atoms with E-state index in [0.717, 1.165) is 0 Å². The fourth-order valence-electron chi connectivity index (χ4n) is 1.61. The SMILES string of the molecule is C[C@@H](NC(=O)NCC(=O)N(C)C)[C@@H](O)c1ccc(O)cc1. The molecule has 0 bridgehead atoms. The van der Waals surface area contributed by atoms with Gasteiger partial charge in [-0.1, -0.05) is 12.1 Å². The fourth-order valence-corrected chi connectivity index (χ4v) is 1.61. The highest BCUT2D eigenvalue weighted by Gasteiger charge is 2.18. The van der Waals surface area contributed by atoms with Crippen molar-refractivity contribution >= 4 is 11.9 Å². The molecular formula is C14H21N3O4. The number of carbonyl (C=O) groups excluding carboxylic acids is 2. The average Bonchev–Trinajstić information content (AvgIpc) is 2.44. The van der Waals surface area contributed by atoms with Crippen molar-refractivity contribution in [3.05, 3.63) is 29.8 Å². The van der Waals surface area contributed by atoms with Crippen LogP contribution in [-0.4, -0.2) is 53.7 Å². The molecule has 0 unspecified atom stereocenters. The Labute approximate surface area is 123 Å². The van der Waals surface area contributed by atoms with Crippen LogP contribution < -0.4 is 10.6 Å². The van der Waals surface area contributed by atoms with Crippen molar-refractivity contribution in [2.75, 3.05) is 20.6 Å². The number of hydrogen-bond acceptors (Lipinski definition) is 4. The molecule has 1 aromatic carbocycles. The number of aliphatic hydroxyl groups is 1. The summed E-state index contributed by atoms with van der Waals surface area (Å²) in [6, 6.07) is 4.99. The molecule has 0 spiro atoms. The molecule has 0 saturated carbocycles. The van der Waals surface area contributed by atoms with Gasteiger partial charge >= 0.3 is 6.03 Å². The van der Waals surface area contributed by atoms with E-state index in [1.807, 2.05) is 0 Å². The zero-order valence-corrected chi connectivity index (χ0v) is 12.3. The van der Waals surface area contributed by atoms with Gasteiger partial charge in [0.05, 0.1) is 18.7 Å². The molecule has 0 aliphatic heterocycles. The van der Waals surface area contributed by atoms with E-state index in [-0.39, 0.29) is 18.2 Å². The number of hydrogen-bond donors (Lipinski definition) is 4. The molecule has 1 rings (SSSR count). The molecule has 4 N–H and O–H groups in total. The highest BCUT2D eigenvalue weighted by atomic mass is 16.3. The van der Waals surface area contributed by atoms with Crippen LogP contribution in [0.4, 0.5) is 4.79 Å². The van der Waals surface area contributed by atoms with Crippen molar-refractivity contribution in [3.63, 3.8) is 0 Å². The zero-order chi connectivity index (χ0) is 16.0. The summed E-state index contributed by atoms with van der Waals surface area (Å²) < 4.78 is 0. The number of aliphatic hydroxyl groups excluding tert-OH is 1. The number of nitrogens with one attached hydrogen (secondary N) is 2. The first kappa shape index (κ1) is 16.8. The normalized spacial score (nSPS) is 13.1. The minimum atomic E-state index is -0.916. The van der Waals surface area contributed by atoms with Crippen LogP contribution in [0.25, 0.3) is 0 Å². The van der Waals surface area contributed by atoms with Gasteiger partial charge in [0.1, 0.15) is 5.75 Å². The van der Waals surface area contributed by atoms with Crippen molar-refractivity contribution in [1.82, 2.24) is 15.5 Å². The third-order valence-electron chi connectivity index (χ3n) is 2.97. The first-order valence-electron chi connectivity index (χ1n) is 6.52. The van der Waals surface area contributed by atoms with Crippen LogP contribution in [0.2, 0.25) is 0 Å². The third-order valence-corrected chi connectivity index (χ3v) is 2.97. The van der Waals surface area contributed by atoms with Crippen LogP contribution >= 0.6 is 0 Å². The number of urea groups is 1. The topological polar surface area (TPSA) is 102 Å². The summed E-state index contributed by atoms with van der Waals surface area (Å²) in [6.45, 7) is 1.53. The van der Waals surface area contributed by atoms with Gasteiger partial charge in [-0.3, -0.25) is 4.79 Å². The number of rotatable bonds is 5. The number of nitrogens with zero attached hydrogens (tertiary/aromatic N) is 1. The predicted octanol–water partition coefficient (Wildman–Crippen LogP) is 0.202. The van der Waals surface area contributed by atoms with E-state index in [0.29, 0.717) is 5.56 Å². The summed E-state index contributed by atoms with van der Waals surface area (Å²) in [5.41, 5.74) is 0.574. The van der Waals surface area contributed by atoms with Gasteiger partial charge in [-0.05, 0) is 24.6 Å². The minimum Gasteiger partial charge on any atom is -0.508 e. The van der Waals surface area contributed by atoms with E-state index in [1.54, 1.807) is 33.2 Å². The monoisotopic (exact) mass is 295 g/mol. The first-order valence-corrected chi connectivity index (χ1v) is 6.52. The lowest BCUT2D eigenvalue weighted by atomic mass is 10.0. The van der Waals surface area contributed by atoms with E-state index >= 15 is 0 Å². The highest BCUT2D eigenvalue weighted by Crippen LogP contribution is 2.19. The summed E-state index contributed by atoms with van der Waals surface area (Å²) in [5.74, 6) is -0.122. The van der Waals surface area contributed by atoms with Crippen molar-refractivity contribution < 1.29 is 19.8 Å². The Morgan fingerprint density at radius 3 is 2.33 bits per heavy atom. The molecule has 116 valence electrons. The molecule has 7 heteroatoms. The third kappa shape index (κ3) is 5.31. The molecule has 21 heavy (non-hydrogen) atoms. The van der Waals surface area contributed by atoms with Crippen LogP contribution in [0.3, 0.4) is 0 Å². The van der Waals surface area contributed by atoms with E-state index in [4.69, 9.17) is 0 Å². The van der Waals surface area contributed by atoms with Crippen molar-refractivity contribution in [1.29, 1.82) is 0 Å². The Balaban J connectivity index is 2.48. The van der Waals surface area contributed by atoms with Gasteiger partial charge in [0.25, 0.3) is 0 Å². The molecule has 3 amide bonds. The van der Waals surface area contributed by atoms with E-state index in [9.17, 15) is 19.8 Å². The number of benzene rings is 1. The maximum absolute atomic E-state index is 11.6. The Morgan fingerprint density at radius 1 is 1.24 bits per heavy atom. The Kier molecular flexibility index (Phi) is 5.98. The van der Waals surface area contributed by atoms with Crippen molar-refractivity contribution in [3.8, 4) is 5.75 Å². The van der Waals surface area contributed by atoms with Gasteiger partial charge in [0.15, 0.2) is 0 Å². The molecule has 0 aliphatic rings. The molecule has 0 aromatic heterocycles. The summed E-state index contributed by atoms with van der Waals surface area (Å²) >= 11 is 0. The molecular weight excluding hydrogens is 274 g/mol. The number of likely N-dealkylation sites (N-methyl/N-ethyl adjacent to an activating group) is 1. The van der Waals surface area contributed by atoms with Gasteiger partial charge in [0.2, 0.25) is 5.91 Å². The number of amides is 3. The second-order valence-electron chi connectivity index (χ2n) is 4.94. The Bertz CT molecular complexity index is 487. The smallest absolute Gasteiger partial charge is 0.315 e. The van der Waals surface area contributed by atoms with Crippen molar-refractivity contribution in [2.24, 2.45) is 0 Å².